The van der Waals surface area contributed by atoms with Crippen LogP contribution in [0, 0.1) is 0 Å². The van der Waals surface area contributed by atoms with Crippen LogP contribution >= 0.6 is 0 Å². The van der Waals surface area contributed by atoms with Gasteiger partial charge in [-0.3, -0.25) is 0 Å². The lowest BCUT2D eigenvalue weighted by atomic mass is 9.82. The van der Waals surface area contributed by atoms with Crippen molar-refractivity contribution >= 4 is 0 Å². The van der Waals surface area contributed by atoms with Gasteiger partial charge in [-0.1, -0.05) is 18.5 Å². The van der Waals surface area contributed by atoms with Gasteiger partial charge in [0.2, 0.25) is 5.89 Å². The fourth-order valence-electron chi connectivity index (χ4n) is 2.65. The summed E-state index contributed by atoms with van der Waals surface area (Å²) in [5.41, 5.74) is -0.132. The predicted octanol–water partition coefficient (Wildman–Crippen LogP) is 2.22. The van der Waals surface area contributed by atoms with Gasteiger partial charge < -0.3 is 14.6 Å². The van der Waals surface area contributed by atoms with Crippen molar-refractivity contribution in [1.82, 2.24) is 15.5 Å². The quantitative estimate of drug-likeness (QED) is 0.783. The number of nitrogens with zero attached hydrogens (tertiary/aromatic N) is 2. The molecule has 1 aliphatic heterocycles. The molecule has 0 amide bonds. The zero-order chi connectivity index (χ0) is 15.3. The van der Waals surface area contributed by atoms with Crippen LogP contribution in [0.1, 0.15) is 37.9 Å². The normalized spacial score (nSPS) is 22.9. The molecule has 120 valence electrons. The Morgan fingerprint density at radius 1 is 1.43 bits per heavy atom. The summed E-state index contributed by atoms with van der Waals surface area (Å²) in [7, 11) is 0. The van der Waals surface area contributed by atoms with Gasteiger partial charge in [-0.05, 0) is 19.4 Å². The minimum Gasteiger partial charge on any atom is -0.372 e. The fourth-order valence-corrected chi connectivity index (χ4v) is 2.65. The van der Waals surface area contributed by atoms with E-state index in [1.54, 1.807) is 0 Å². The van der Waals surface area contributed by atoms with Gasteiger partial charge in [-0.15, -0.1) is 0 Å². The first-order valence-corrected chi connectivity index (χ1v) is 7.13. The summed E-state index contributed by atoms with van der Waals surface area (Å²) in [5.74, 6) is 0.981. The Bertz CT molecular complexity index is 442. The minimum absolute atomic E-state index is 0.0719. The topological polar surface area (TPSA) is 60.2 Å². The Kier molecular flexibility index (Phi) is 5.21. The lowest BCUT2D eigenvalue weighted by Crippen LogP contribution is -2.29. The second-order valence-electron chi connectivity index (χ2n) is 5.39. The van der Waals surface area contributed by atoms with E-state index in [1.807, 2.05) is 0 Å². The molecule has 0 aliphatic carbocycles. The second kappa shape index (κ2) is 6.74. The third kappa shape index (κ3) is 4.41. The molecule has 0 spiro atoms. The predicted molar refractivity (Wildman–Crippen MR) is 68.9 cm³/mol. The van der Waals surface area contributed by atoms with Gasteiger partial charge in [0, 0.05) is 13.0 Å². The minimum atomic E-state index is -4.30. The van der Waals surface area contributed by atoms with Crippen LogP contribution in [0.15, 0.2) is 4.52 Å². The first-order chi connectivity index (χ1) is 9.95. The molecular formula is C13H20F3N3O2. The van der Waals surface area contributed by atoms with Crippen molar-refractivity contribution < 1.29 is 22.4 Å². The molecule has 1 aromatic rings. The Labute approximate surface area is 121 Å². The van der Waals surface area contributed by atoms with E-state index >= 15 is 0 Å². The molecule has 21 heavy (non-hydrogen) atoms. The highest BCUT2D eigenvalue weighted by atomic mass is 19.4. The fraction of sp³-hybridized carbons (Fsp3) is 0.846. The van der Waals surface area contributed by atoms with Crippen molar-refractivity contribution in [2.24, 2.45) is 0 Å². The average molecular weight is 307 g/mol. The molecule has 0 bridgehead atoms. The van der Waals surface area contributed by atoms with Crippen LogP contribution in [-0.2, 0) is 16.6 Å². The molecule has 1 fully saturated rings. The van der Waals surface area contributed by atoms with E-state index in [4.69, 9.17) is 4.52 Å². The number of halogens is 3. The summed E-state index contributed by atoms with van der Waals surface area (Å²) >= 11 is 0. The molecular weight excluding hydrogens is 287 g/mol. The number of rotatable bonds is 7. The summed E-state index contributed by atoms with van der Waals surface area (Å²) in [6, 6.07) is 0. The Balaban J connectivity index is 1.88. The van der Waals surface area contributed by atoms with Gasteiger partial charge in [-0.2, -0.15) is 18.2 Å². The first-order valence-electron chi connectivity index (χ1n) is 7.13. The molecule has 1 atom stereocenters. The van der Waals surface area contributed by atoms with E-state index in [1.165, 1.54) is 0 Å². The summed E-state index contributed by atoms with van der Waals surface area (Å²) in [5, 5.41) is 7.14. The van der Waals surface area contributed by atoms with Crippen LogP contribution in [0.3, 0.4) is 0 Å². The van der Waals surface area contributed by atoms with Crippen LogP contribution < -0.4 is 5.32 Å². The summed E-state index contributed by atoms with van der Waals surface area (Å²) in [4.78, 5) is 4.34. The zero-order valence-electron chi connectivity index (χ0n) is 12.0. The van der Waals surface area contributed by atoms with Crippen LogP contribution in [0.5, 0.6) is 0 Å². The molecule has 1 unspecified atom stereocenters. The largest absolute Gasteiger partial charge is 0.411 e. The molecule has 0 saturated carbocycles. The van der Waals surface area contributed by atoms with Gasteiger partial charge >= 0.3 is 6.18 Å². The van der Waals surface area contributed by atoms with Gasteiger partial charge in [0.05, 0.1) is 12.0 Å². The lowest BCUT2D eigenvalue weighted by Gasteiger charge is -2.22. The van der Waals surface area contributed by atoms with Gasteiger partial charge in [0.1, 0.15) is 6.61 Å². The molecule has 0 aromatic carbocycles. The van der Waals surface area contributed by atoms with E-state index in [0.29, 0.717) is 11.7 Å². The highest BCUT2D eigenvalue weighted by molar-refractivity contribution is 5.10. The number of nitrogens with one attached hydrogen (secondary N) is 1. The highest BCUT2D eigenvalue weighted by Gasteiger charge is 2.40. The average Bonchev–Trinajstić information content (AvgIpc) is 3.03. The maximum atomic E-state index is 11.9. The highest BCUT2D eigenvalue weighted by Crippen LogP contribution is 2.34. The number of aromatic nitrogens is 2. The standard InChI is InChI=1S/C13H20F3N3O2/c1-2-4-12(5-6-17-8-12)11-18-10(19-21-11)3-7-20-9-13(14,15)16/h17H,2-9H2,1H3. The summed E-state index contributed by atoms with van der Waals surface area (Å²) < 4.78 is 45.7. The van der Waals surface area contributed by atoms with E-state index in [9.17, 15) is 13.2 Å². The van der Waals surface area contributed by atoms with E-state index < -0.39 is 12.8 Å². The van der Waals surface area contributed by atoms with Crippen molar-refractivity contribution in [1.29, 1.82) is 0 Å². The maximum absolute atomic E-state index is 11.9. The lowest BCUT2D eigenvalue weighted by molar-refractivity contribution is -0.173. The van der Waals surface area contributed by atoms with Crippen LogP contribution in [0.25, 0.3) is 0 Å². The molecule has 1 N–H and O–H groups in total. The van der Waals surface area contributed by atoms with E-state index in [-0.39, 0.29) is 18.4 Å². The molecule has 0 radical (unpaired) electrons. The van der Waals surface area contributed by atoms with Crippen LogP contribution in [0.4, 0.5) is 13.2 Å². The Hall–Kier alpha value is -1.15. The van der Waals surface area contributed by atoms with Crippen molar-refractivity contribution in [3.05, 3.63) is 11.7 Å². The van der Waals surface area contributed by atoms with Crippen molar-refractivity contribution in [2.45, 2.75) is 44.2 Å². The molecule has 2 rings (SSSR count). The van der Waals surface area contributed by atoms with Crippen molar-refractivity contribution in [2.75, 3.05) is 26.3 Å². The maximum Gasteiger partial charge on any atom is 0.411 e. The Morgan fingerprint density at radius 2 is 2.24 bits per heavy atom. The SMILES string of the molecule is CCCC1(c2nc(CCOCC(F)(F)F)no2)CCNC1. The molecule has 8 heteroatoms. The smallest absolute Gasteiger partial charge is 0.372 e. The molecule has 5 nitrogen and oxygen atoms in total. The number of hydrogen-bond donors (Lipinski definition) is 1. The molecule has 1 aromatic heterocycles. The molecule has 1 aliphatic rings. The summed E-state index contributed by atoms with van der Waals surface area (Å²) in [6.07, 6.45) is -1.19. The Morgan fingerprint density at radius 3 is 2.86 bits per heavy atom. The monoisotopic (exact) mass is 307 g/mol. The molecule has 1 saturated heterocycles. The third-order valence-corrected chi connectivity index (χ3v) is 3.63. The van der Waals surface area contributed by atoms with Crippen LogP contribution in [-0.4, -0.2) is 42.6 Å². The van der Waals surface area contributed by atoms with Crippen LogP contribution in [0.2, 0.25) is 0 Å². The zero-order valence-corrected chi connectivity index (χ0v) is 12.0. The number of alkyl halides is 3. The van der Waals surface area contributed by atoms with Gasteiger partial charge in [0.15, 0.2) is 5.82 Å². The van der Waals surface area contributed by atoms with Gasteiger partial charge in [0.25, 0.3) is 0 Å². The van der Waals surface area contributed by atoms with E-state index in [0.717, 1.165) is 32.4 Å². The van der Waals surface area contributed by atoms with E-state index in [2.05, 4.69) is 27.1 Å². The van der Waals surface area contributed by atoms with Crippen molar-refractivity contribution in [3.63, 3.8) is 0 Å². The number of ether oxygens (including phenoxy) is 1. The van der Waals surface area contributed by atoms with Crippen molar-refractivity contribution in [3.8, 4) is 0 Å². The molecule has 2 heterocycles. The van der Waals surface area contributed by atoms with Gasteiger partial charge in [-0.25, -0.2) is 0 Å². The first kappa shape index (κ1) is 16.2. The third-order valence-electron chi connectivity index (χ3n) is 3.63. The summed E-state index contributed by atoms with van der Waals surface area (Å²) in [6.45, 7) is 2.49. The second-order valence-corrected chi connectivity index (χ2v) is 5.39. The number of hydrogen-bond acceptors (Lipinski definition) is 5.